The highest BCUT2D eigenvalue weighted by atomic mass is 16.6. The fourth-order valence-corrected chi connectivity index (χ4v) is 3.25. The first-order chi connectivity index (χ1) is 11.7. The van der Waals surface area contributed by atoms with Gasteiger partial charge in [-0.15, -0.1) is 0 Å². The van der Waals surface area contributed by atoms with Gasteiger partial charge in [0.15, 0.2) is 5.75 Å². The highest BCUT2D eigenvalue weighted by Gasteiger charge is 2.36. The number of nitro benzene ring substituents is 1. The number of rotatable bonds is 6. The van der Waals surface area contributed by atoms with Crippen molar-refractivity contribution in [2.24, 2.45) is 11.0 Å². The number of hydrazone groups is 1. The van der Waals surface area contributed by atoms with Crippen molar-refractivity contribution in [1.82, 2.24) is 10.7 Å². The number of benzene rings is 1. The number of nitrogens with one attached hydrogen (secondary N) is 2. The van der Waals surface area contributed by atoms with E-state index >= 15 is 0 Å². The molecule has 2 heterocycles. The first-order valence-electron chi connectivity index (χ1n) is 8.26. The van der Waals surface area contributed by atoms with E-state index in [2.05, 4.69) is 15.8 Å². The molecular weight excluding hydrogens is 312 g/mol. The van der Waals surface area contributed by atoms with Crippen molar-refractivity contribution in [2.45, 2.75) is 26.3 Å². The summed E-state index contributed by atoms with van der Waals surface area (Å²) in [5.74, 6) is 0.794. The van der Waals surface area contributed by atoms with E-state index in [-0.39, 0.29) is 23.4 Å². The van der Waals surface area contributed by atoms with Crippen LogP contribution < -0.4 is 20.2 Å². The second-order valence-corrected chi connectivity index (χ2v) is 5.76. The van der Waals surface area contributed by atoms with E-state index < -0.39 is 4.92 Å². The average Bonchev–Trinajstić information content (AvgIpc) is 3.00. The minimum atomic E-state index is -0.424. The normalized spacial score (nSPS) is 22.3. The van der Waals surface area contributed by atoms with E-state index in [1.807, 2.05) is 13.0 Å². The van der Waals surface area contributed by atoms with E-state index in [9.17, 15) is 10.1 Å². The number of hydrogen-bond donors (Lipinski definition) is 2. The van der Waals surface area contributed by atoms with Gasteiger partial charge in [-0.25, -0.2) is 0 Å². The molecule has 2 N–H and O–H groups in total. The third-order valence-corrected chi connectivity index (χ3v) is 4.30. The summed E-state index contributed by atoms with van der Waals surface area (Å²) in [6.07, 6.45) is 0.894. The smallest absolute Gasteiger partial charge is 0.315 e. The molecule has 0 saturated carbocycles. The maximum Gasteiger partial charge on any atom is 0.315 e. The van der Waals surface area contributed by atoms with Gasteiger partial charge in [0.1, 0.15) is 0 Å². The Morgan fingerprint density at radius 2 is 2.12 bits per heavy atom. The summed E-state index contributed by atoms with van der Waals surface area (Å²) in [6.45, 7) is 6.10. The second-order valence-electron chi connectivity index (χ2n) is 5.76. The predicted molar refractivity (Wildman–Crippen MR) is 89.7 cm³/mol. The predicted octanol–water partition coefficient (Wildman–Crippen LogP) is 2.00. The lowest BCUT2D eigenvalue weighted by atomic mass is 9.87. The summed E-state index contributed by atoms with van der Waals surface area (Å²) in [5.41, 5.74) is 4.97. The fraction of sp³-hybridized carbons (Fsp3) is 0.562. The molecule has 0 aromatic heterocycles. The standard InChI is InChI=1S/C16H22N4O4/c1-3-23-14-8-10(7-13(20(21)22)16(14)24-4-2)15-11-9-17-6-5-12(11)18-19-15/h7-8,11,15,17,19H,3-6,9H2,1-2H3. The van der Waals surface area contributed by atoms with Crippen molar-refractivity contribution in [3.63, 3.8) is 0 Å². The molecule has 0 amide bonds. The van der Waals surface area contributed by atoms with Crippen LogP contribution >= 0.6 is 0 Å². The Bertz CT molecular complexity index is 662. The third kappa shape index (κ3) is 3.01. The molecule has 0 radical (unpaired) electrons. The number of hydrogen-bond acceptors (Lipinski definition) is 7. The Morgan fingerprint density at radius 1 is 1.33 bits per heavy atom. The molecular formula is C16H22N4O4. The Morgan fingerprint density at radius 3 is 2.83 bits per heavy atom. The molecule has 2 atom stereocenters. The molecule has 0 bridgehead atoms. The molecule has 24 heavy (non-hydrogen) atoms. The van der Waals surface area contributed by atoms with Gasteiger partial charge in [-0.2, -0.15) is 5.10 Å². The van der Waals surface area contributed by atoms with Crippen LogP contribution in [0.15, 0.2) is 17.2 Å². The first kappa shape index (κ1) is 16.5. The molecule has 1 aromatic rings. The highest BCUT2D eigenvalue weighted by Crippen LogP contribution is 2.42. The second kappa shape index (κ2) is 7.04. The number of fused-ring (bicyclic) bond motifs is 1. The van der Waals surface area contributed by atoms with E-state index in [0.29, 0.717) is 19.0 Å². The van der Waals surface area contributed by atoms with Gasteiger partial charge in [-0.3, -0.25) is 10.1 Å². The van der Waals surface area contributed by atoms with Crippen molar-refractivity contribution < 1.29 is 14.4 Å². The van der Waals surface area contributed by atoms with Crippen LogP contribution in [0.1, 0.15) is 31.9 Å². The van der Waals surface area contributed by atoms with Gasteiger partial charge in [0.2, 0.25) is 5.75 Å². The van der Waals surface area contributed by atoms with Crippen molar-refractivity contribution in [2.75, 3.05) is 26.3 Å². The molecule has 0 aliphatic carbocycles. The van der Waals surface area contributed by atoms with Crippen molar-refractivity contribution in [3.8, 4) is 11.5 Å². The lowest BCUT2D eigenvalue weighted by Gasteiger charge is -2.25. The number of nitro groups is 1. The van der Waals surface area contributed by atoms with Crippen molar-refractivity contribution >= 4 is 11.4 Å². The lowest BCUT2D eigenvalue weighted by molar-refractivity contribution is -0.386. The van der Waals surface area contributed by atoms with Crippen molar-refractivity contribution in [3.05, 3.63) is 27.8 Å². The zero-order valence-corrected chi connectivity index (χ0v) is 13.9. The van der Waals surface area contributed by atoms with E-state index in [0.717, 1.165) is 30.8 Å². The highest BCUT2D eigenvalue weighted by molar-refractivity contribution is 5.90. The van der Waals surface area contributed by atoms with Gasteiger partial charge < -0.3 is 20.2 Å². The summed E-state index contributed by atoms with van der Waals surface area (Å²) in [6, 6.07) is 3.30. The number of nitrogens with zero attached hydrogens (tertiary/aromatic N) is 2. The number of ether oxygens (including phenoxy) is 2. The Balaban J connectivity index is 2.00. The molecule has 1 saturated heterocycles. The van der Waals surface area contributed by atoms with Crippen LogP contribution in [-0.4, -0.2) is 36.9 Å². The molecule has 2 aliphatic rings. The van der Waals surface area contributed by atoms with Gasteiger partial charge >= 0.3 is 5.69 Å². The topological polar surface area (TPSA) is 98.0 Å². The van der Waals surface area contributed by atoms with Crippen LogP contribution in [0.4, 0.5) is 5.69 Å². The Kier molecular flexibility index (Phi) is 4.84. The molecule has 3 rings (SSSR count). The Labute approximate surface area is 140 Å². The SMILES string of the molecule is CCOc1cc(C2NN=C3CCNCC32)cc([N+](=O)[O-])c1OCC. The molecule has 2 aliphatic heterocycles. The molecule has 1 fully saturated rings. The van der Waals surface area contributed by atoms with Crippen LogP contribution in [0.3, 0.4) is 0 Å². The molecule has 0 spiro atoms. The third-order valence-electron chi connectivity index (χ3n) is 4.30. The Hall–Kier alpha value is -2.35. The lowest BCUT2D eigenvalue weighted by Crippen LogP contribution is -2.38. The molecule has 2 unspecified atom stereocenters. The van der Waals surface area contributed by atoms with Gasteiger partial charge in [-0.1, -0.05) is 0 Å². The van der Waals surface area contributed by atoms with E-state index in [1.54, 1.807) is 13.0 Å². The maximum absolute atomic E-state index is 11.5. The van der Waals surface area contributed by atoms with Gasteiger partial charge in [0.05, 0.1) is 24.2 Å². The quantitative estimate of drug-likeness (QED) is 0.610. The fourth-order valence-electron chi connectivity index (χ4n) is 3.25. The zero-order valence-electron chi connectivity index (χ0n) is 13.9. The van der Waals surface area contributed by atoms with Gasteiger partial charge in [-0.05, 0) is 25.5 Å². The minimum absolute atomic E-state index is 0.0724. The summed E-state index contributed by atoms with van der Waals surface area (Å²) in [5, 5.41) is 19.3. The van der Waals surface area contributed by atoms with E-state index in [4.69, 9.17) is 9.47 Å². The first-order valence-corrected chi connectivity index (χ1v) is 8.26. The van der Waals surface area contributed by atoms with Crippen LogP contribution in [0.5, 0.6) is 11.5 Å². The largest absolute Gasteiger partial charge is 0.490 e. The van der Waals surface area contributed by atoms with Crippen LogP contribution in [0, 0.1) is 16.0 Å². The minimum Gasteiger partial charge on any atom is -0.490 e. The van der Waals surface area contributed by atoms with E-state index in [1.165, 1.54) is 0 Å². The summed E-state index contributed by atoms with van der Waals surface area (Å²) < 4.78 is 11.1. The van der Waals surface area contributed by atoms with Gasteiger partial charge in [0, 0.05) is 37.2 Å². The molecule has 8 heteroatoms. The summed E-state index contributed by atoms with van der Waals surface area (Å²) in [7, 11) is 0. The zero-order chi connectivity index (χ0) is 17.1. The summed E-state index contributed by atoms with van der Waals surface area (Å²) >= 11 is 0. The van der Waals surface area contributed by atoms with Crippen molar-refractivity contribution in [1.29, 1.82) is 0 Å². The van der Waals surface area contributed by atoms with Gasteiger partial charge in [0.25, 0.3) is 0 Å². The average molecular weight is 334 g/mol. The molecule has 130 valence electrons. The summed E-state index contributed by atoms with van der Waals surface area (Å²) in [4.78, 5) is 11.1. The van der Waals surface area contributed by atoms with Crippen LogP contribution in [0.2, 0.25) is 0 Å². The van der Waals surface area contributed by atoms with Crippen LogP contribution in [-0.2, 0) is 0 Å². The molecule has 1 aromatic carbocycles. The maximum atomic E-state index is 11.5. The van der Waals surface area contributed by atoms with Crippen LogP contribution in [0.25, 0.3) is 0 Å². The number of piperidine rings is 1. The molecule has 8 nitrogen and oxygen atoms in total. The monoisotopic (exact) mass is 334 g/mol.